The van der Waals surface area contributed by atoms with Crippen molar-refractivity contribution < 1.29 is 0 Å². The molecule has 0 fully saturated rings. The largest absolute Gasteiger partial charge is 0.264 e. The number of halogens is 1. The zero-order valence-electron chi connectivity index (χ0n) is 9.90. The Morgan fingerprint density at radius 2 is 1.84 bits per heavy atom. The van der Waals surface area contributed by atoms with Crippen LogP contribution in [0.25, 0.3) is 10.6 Å². The molecule has 2 heterocycles. The molecule has 1 aromatic carbocycles. The molecule has 3 rings (SSSR count). The van der Waals surface area contributed by atoms with Crippen molar-refractivity contribution in [1.29, 1.82) is 0 Å². The van der Waals surface area contributed by atoms with Gasteiger partial charge in [0.15, 0.2) is 0 Å². The molecule has 0 aliphatic heterocycles. The Morgan fingerprint density at radius 3 is 2.58 bits per heavy atom. The van der Waals surface area contributed by atoms with Crippen LogP contribution in [0.2, 0.25) is 0 Å². The number of hydrogen-bond donors (Lipinski definition) is 0. The van der Waals surface area contributed by atoms with Crippen LogP contribution < -0.4 is 0 Å². The van der Waals surface area contributed by atoms with Gasteiger partial charge in [-0.25, -0.2) is 0 Å². The summed E-state index contributed by atoms with van der Waals surface area (Å²) in [6, 6.07) is 13.7. The number of benzene rings is 1. The van der Waals surface area contributed by atoms with E-state index >= 15 is 0 Å². The summed E-state index contributed by atoms with van der Waals surface area (Å²) in [5, 5.41) is 9.73. The molecular formula is C14H10ClN3S. The fourth-order valence-electron chi connectivity index (χ4n) is 1.71. The minimum atomic E-state index is -0.260. The highest BCUT2D eigenvalue weighted by Gasteiger charge is 2.16. The molecule has 0 saturated carbocycles. The third kappa shape index (κ3) is 2.64. The van der Waals surface area contributed by atoms with E-state index in [-0.39, 0.29) is 5.38 Å². The highest BCUT2D eigenvalue weighted by molar-refractivity contribution is 7.15. The van der Waals surface area contributed by atoms with E-state index in [0.717, 1.165) is 21.1 Å². The van der Waals surface area contributed by atoms with Crippen LogP contribution in [0.4, 0.5) is 0 Å². The second kappa shape index (κ2) is 5.47. The Bertz CT molecular complexity index is 655. The van der Waals surface area contributed by atoms with Crippen LogP contribution in [-0.2, 0) is 0 Å². The molecule has 0 aliphatic rings. The van der Waals surface area contributed by atoms with Crippen LogP contribution in [0.3, 0.4) is 0 Å². The smallest absolute Gasteiger partial charge is 0.149 e. The maximum absolute atomic E-state index is 6.42. The first kappa shape index (κ1) is 12.3. The standard InChI is InChI=1S/C14H10ClN3S/c15-12(10-5-2-1-3-6-10)14-18-17-13(19-14)11-7-4-8-16-9-11/h1-9,12H. The molecule has 1 unspecified atom stereocenters. The molecule has 0 saturated heterocycles. The van der Waals surface area contributed by atoms with Crippen molar-refractivity contribution in [3.05, 3.63) is 65.4 Å². The van der Waals surface area contributed by atoms with Gasteiger partial charge in [-0.15, -0.1) is 21.8 Å². The number of pyridine rings is 1. The van der Waals surface area contributed by atoms with E-state index in [1.165, 1.54) is 11.3 Å². The van der Waals surface area contributed by atoms with E-state index in [1.54, 1.807) is 12.4 Å². The van der Waals surface area contributed by atoms with Gasteiger partial charge in [-0.1, -0.05) is 41.7 Å². The summed E-state index contributed by atoms with van der Waals surface area (Å²) < 4.78 is 0. The number of nitrogens with zero attached hydrogens (tertiary/aromatic N) is 3. The third-order valence-electron chi connectivity index (χ3n) is 2.66. The fourth-order valence-corrected chi connectivity index (χ4v) is 2.87. The number of rotatable bonds is 3. The van der Waals surface area contributed by atoms with E-state index in [9.17, 15) is 0 Å². The molecule has 2 aromatic heterocycles. The molecule has 0 spiro atoms. The highest BCUT2D eigenvalue weighted by Crippen LogP contribution is 2.33. The fraction of sp³-hybridized carbons (Fsp3) is 0.0714. The summed E-state index contributed by atoms with van der Waals surface area (Å²) in [4.78, 5) is 4.08. The summed E-state index contributed by atoms with van der Waals surface area (Å²) >= 11 is 7.92. The van der Waals surface area contributed by atoms with Crippen molar-refractivity contribution in [2.75, 3.05) is 0 Å². The molecule has 3 aromatic rings. The average molecular weight is 288 g/mol. The van der Waals surface area contributed by atoms with E-state index in [0.29, 0.717) is 0 Å². The number of hydrogen-bond acceptors (Lipinski definition) is 4. The van der Waals surface area contributed by atoms with Crippen LogP contribution in [0.5, 0.6) is 0 Å². The monoisotopic (exact) mass is 287 g/mol. The van der Waals surface area contributed by atoms with Gasteiger partial charge in [-0.05, 0) is 17.7 Å². The maximum atomic E-state index is 6.42. The quantitative estimate of drug-likeness (QED) is 0.685. The molecule has 94 valence electrons. The first-order valence-electron chi connectivity index (χ1n) is 5.77. The second-order valence-corrected chi connectivity index (χ2v) is 5.41. The topological polar surface area (TPSA) is 38.7 Å². The lowest BCUT2D eigenvalue weighted by molar-refractivity contribution is 0.987. The molecule has 1 atom stereocenters. The Hall–Kier alpha value is -1.78. The molecular weight excluding hydrogens is 278 g/mol. The van der Waals surface area contributed by atoms with E-state index in [2.05, 4.69) is 15.2 Å². The Balaban J connectivity index is 1.90. The molecule has 5 heteroatoms. The van der Waals surface area contributed by atoms with E-state index < -0.39 is 0 Å². The van der Waals surface area contributed by atoms with Gasteiger partial charge < -0.3 is 0 Å². The van der Waals surface area contributed by atoms with Crippen molar-refractivity contribution in [2.24, 2.45) is 0 Å². The Morgan fingerprint density at radius 1 is 1.00 bits per heavy atom. The number of alkyl halides is 1. The SMILES string of the molecule is ClC(c1ccccc1)c1nnc(-c2cccnc2)s1. The van der Waals surface area contributed by atoms with Crippen molar-refractivity contribution in [2.45, 2.75) is 5.38 Å². The molecule has 0 aliphatic carbocycles. The molecule has 0 N–H and O–H groups in total. The van der Waals surface area contributed by atoms with Crippen molar-refractivity contribution in [3.63, 3.8) is 0 Å². The number of aromatic nitrogens is 3. The van der Waals surface area contributed by atoms with Crippen LogP contribution in [-0.4, -0.2) is 15.2 Å². The molecule has 0 bridgehead atoms. The van der Waals surface area contributed by atoms with Crippen molar-refractivity contribution >= 4 is 22.9 Å². The summed E-state index contributed by atoms with van der Waals surface area (Å²) in [5.41, 5.74) is 1.99. The van der Waals surface area contributed by atoms with Gasteiger partial charge in [0, 0.05) is 18.0 Å². The molecule has 19 heavy (non-hydrogen) atoms. The van der Waals surface area contributed by atoms with Crippen LogP contribution >= 0.6 is 22.9 Å². The lowest BCUT2D eigenvalue weighted by Crippen LogP contribution is -1.91. The minimum Gasteiger partial charge on any atom is -0.264 e. The van der Waals surface area contributed by atoms with E-state index in [1.807, 2.05) is 42.5 Å². The first-order chi connectivity index (χ1) is 9.34. The van der Waals surface area contributed by atoms with Crippen LogP contribution in [0.1, 0.15) is 15.9 Å². The van der Waals surface area contributed by atoms with Gasteiger partial charge in [0.05, 0.1) is 0 Å². The molecule has 0 radical (unpaired) electrons. The minimum absolute atomic E-state index is 0.260. The van der Waals surface area contributed by atoms with Gasteiger partial charge in [-0.3, -0.25) is 4.98 Å². The van der Waals surface area contributed by atoms with Crippen molar-refractivity contribution in [1.82, 2.24) is 15.2 Å². The second-order valence-electron chi connectivity index (χ2n) is 3.96. The molecule has 3 nitrogen and oxygen atoms in total. The third-order valence-corrected chi connectivity index (χ3v) is 4.28. The normalized spacial score (nSPS) is 12.3. The summed E-state index contributed by atoms with van der Waals surface area (Å²) in [7, 11) is 0. The van der Waals surface area contributed by atoms with Gasteiger partial charge in [0.1, 0.15) is 15.4 Å². The summed E-state index contributed by atoms with van der Waals surface area (Å²) in [6.45, 7) is 0. The maximum Gasteiger partial charge on any atom is 0.149 e. The zero-order valence-corrected chi connectivity index (χ0v) is 11.5. The predicted molar refractivity (Wildman–Crippen MR) is 77.3 cm³/mol. The summed E-state index contributed by atoms with van der Waals surface area (Å²) in [5.74, 6) is 0. The van der Waals surface area contributed by atoms with E-state index in [4.69, 9.17) is 11.6 Å². The highest BCUT2D eigenvalue weighted by atomic mass is 35.5. The lowest BCUT2D eigenvalue weighted by Gasteiger charge is -2.04. The average Bonchev–Trinajstić information content (AvgIpc) is 2.98. The summed E-state index contributed by atoms with van der Waals surface area (Å²) in [6.07, 6.45) is 3.51. The van der Waals surface area contributed by atoms with Gasteiger partial charge >= 0.3 is 0 Å². The van der Waals surface area contributed by atoms with Crippen molar-refractivity contribution in [3.8, 4) is 10.6 Å². The lowest BCUT2D eigenvalue weighted by atomic mass is 10.1. The van der Waals surface area contributed by atoms with Gasteiger partial charge in [0.25, 0.3) is 0 Å². The zero-order chi connectivity index (χ0) is 13.1. The van der Waals surface area contributed by atoms with Gasteiger partial charge in [-0.2, -0.15) is 0 Å². The van der Waals surface area contributed by atoms with Gasteiger partial charge in [0.2, 0.25) is 0 Å². The Kier molecular flexibility index (Phi) is 3.53. The molecule has 0 amide bonds. The first-order valence-corrected chi connectivity index (χ1v) is 7.03. The Labute approximate surface area is 119 Å². The predicted octanol–water partition coefficient (Wildman–Crippen LogP) is 3.93. The van der Waals surface area contributed by atoms with Crippen LogP contribution in [0.15, 0.2) is 54.9 Å². The van der Waals surface area contributed by atoms with Crippen LogP contribution in [0, 0.1) is 0 Å².